The van der Waals surface area contributed by atoms with Gasteiger partial charge in [0.05, 0.1) is 16.1 Å². The van der Waals surface area contributed by atoms with Crippen LogP contribution in [-0.2, 0) is 31.0 Å². The zero-order valence-corrected chi connectivity index (χ0v) is 29.7. The van der Waals surface area contributed by atoms with E-state index in [1.165, 1.54) is 0 Å². The van der Waals surface area contributed by atoms with Crippen LogP contribution >= 0.6 is 15.9 Å². The Bertz CT molecular complexity index is 2010. The van der Waals surface area contributed by atoms with Gasteiger partial charge in [0.25, 0.3) is 5.88 Å². The van der Waals surface area contributed by atoms with E-state index in [-0.39, 0.29) is 72.3 Å². The minimum absolute atomic E-state index is 0.0273. The van der Waals surface area contributed by atoms with Gasteiger partial charge in [-0.2, -0.15) is 0 Å². The van der Waals surface area contributed by atoms with E-state index in [4.69, 9.17) is 14.0 Å². The molecule has 0 amide bonds. The van der Waals surface area contributed by atoms with Crippen LogP contribution in [0.1, 0.15) is 56.4 Å². The summed E-state index contributed by atoms with van der Waals surface area (Å²) in [5.41, 5.74) is -0.589. The maximum absolute atomic E-state index is 16.5. The molecule has 3 aliphatic carbocycles. The molecule has 0 aliphatic heterocycles. The van der Waals surface area contributed by atoms with Crippen LogP contribution in [0.2, 0.25) is 0 Å². The van der Waals surface area contributed by atoms with Crippen LogP contribution in [0.3, 0.4) is 0 Å². The van der Waals surface area contributed by atoms with Crippen molar-refractivity contribution in [3.05, 3.63) is 116 Å². The summed E-state index contributed by atoms with van der Waals surface area (Å²) in [6.45, 7) is 0.420. The van der Waals surface area contributed by atoms with Crippen molar-refractivity contribution < 1.29 is 38.2 Å². The Labute approximate surface area is 297 Å². The molecule has 10 nitrogen and oxygen atoms in total. The Kier molecular flexibility index (Phi) is 8.92. The van der Waals surface area contributed by atoms with Gasteiger partial charge in [-0.15, -0.1) is 0 Å². The van der Waals surface area contributed by atoms with Gasteiger partial charge >= 0.3 is 0 Å². The fourth-order valence-electron chi connectivity index (χ4n) is 7.68. The van der Waals surface area contributed by atoms with E-state index in [1.807, 2.05) is 79.7 Å². The molecule has 0 unspecified atom stereocenters. The molecule has 1 saturated carbocycles. The number of Topliss-reactive ketones (excluding diaryl/α,β-unsaturated/α-hetero) is 2. The van der Waals surface area contributed by atoms with Crippen molar-refractivity contribution in [3.63, 3.8) is 0 Å². The summed E-state index contributed by atoms with van der Waals surface area (Å²) in [7, 11) is 7.15. The molecule has 0 radical (unpaired) electrons. The van der Waals surface area contributed by atoms with Gasteiger partial charge in [0, 0.05) is 29.2 Å². The molecule has 1 heterocycles. The number of hydrogen-bond acceptors (Lipinski definition) is 10. The van der Waals surface area contributed by atoms with Gasteiger partial charge in [0.1, 0.15) is 36.1 Å². The van der Waals surface area contributed by atoms with E-state index in [1.54, 1.807) is 19.0 Å². The normalized spacial score (nSPS) is 22.7. The zero-order valence-electron chi connectivity index (χ0n) is 28.1. The minimum atomic E-state index is -2.58. The van der Waals surface area contributed by atoms with Crippen molar-refractivity contribution in [2.24, 2.45) is 11.8 Å². The number of carbonyl (C=O) groups is 2. The molecule has 3 aromatic carbocycles. The Morgan fingerprint density at radius 2 is 1.58 bits per heavy atom. The number of carbonyl (C=O) groups excluding carboxylic acids is 2. The second-order valence-electron chi connectivity index (χ2n) is 13.6. The van der Waals surface area contributed by atoms with Gasteiger partial charge in [-0.1, -0.05) is 60.7 Å². The fourth-order valence-corrected chi connectivity index (χ4v) is 8.29. The van der Waals surface area contributed by atoms with Crippen molar-refractivity contribution in [3.8, 4) is 11.6 Å². The molecule has 12 heteroatoms. The van der Waals surface area contributed by atoms with Crippen molar-refractivity contribution >= 4 is 33.3 Å². The van der Waals surface area contributed by atoms with Crippen LogP contribution in [0.4, 0.5) is 4.39 Å². The van der Waals surface area contributed by atoms with Gasteiger partial charge in [0.2, 0.25) is 11.6 Å². The van der Waals surface area contributed by atoms with Crippen molar-refractivity contribution in [2.45, 2.75) is 44.2 Å². The molecule has 260 valence electrons. The van der Waals surface area contributed by atoms with Gasteiger partial charge in [-0.3, -0.25) is 14.5 Å². The Morgan fingerprint density at radius 3 is 2.18 bits per heavy atom. The van der Waals surface area contributed by atoms with E-state index in [2.05, 4.69) is 21.1 Å². The lowest BCUT2D eigenvalue weighted by molar-refractivity contribution is -0.142. The summed E-state index contributed by atoms with van der Waals surface area (Å²) >= 11 is 3.55. The molecular weight excluding hydrogens is 709 g/mol. The largest absolute Gasteiger partial charge is 0.507 e. The van der Waals surface area contributed by atoms with Gasteiger partial charge in [0.15, 0.2) is 11.4 Å². The van der Waals surface area contributed by atoms with Gasteiger partial charge < -0.3 is 29.1 Å². The summed E-state index contributed by atoms with van der Waals surface area (Å²) in [6.07, 6.45) is 0.117. The quantitative estimate of drug-likeness (QED) is 0.196. The Morgan fingerprint density at radius 1 is 0.960 bits per heavy atom. The summed E-state index contributed by atoms with van der Waals surface area (Å²) in [5, 5.41) is 28.4. The van der Waals surface area contributed by atoms with Crippen molar-refractivity contribution in [1.82, 2.24) is 15.0 Å². The maximum atomic E-state index is 16.5. The number of nitrogens with zero attached hydrogens (tertiary/aromatic N) is 3. The highest BCUT2D eigenvalue weighted by atomic mass is 79.9. The third kappa shape index (κ3) is 5.45. The first-order chi connectivity index (χ1) is 23.9. The van der Waals surface area contributed by atoms with E-state index in [0.29, 0.717) is 10.0 Å². The second-order valence-corrected chi connectivity index (χ2v) is 14.4. The molecule has 0 saturated heterocycles. The molecular formula is C38H37BrFN3O7. The zero-order chi connectivity index (χ0) is 35.5. The summed E-state index contributed by atoms with van der Waals surface area (Å²) in [6, 6.07) is 17.9. The first-order valence-electron chi connectivity index (χ1n) is 16.4. The first-order valence-corrected chi connectivity index (χ1v) is 17.1. The minimum Gasteiger partial charge on any atom is -0.507 e. The highest BCUT2D eigenvalue weighted by Crippen LogP contribution is 2.57. The van der Waals surface area contributed by atoms with Crippen molar-refractivity contribution in [1.29, 1.82) is 0 Å². The van der Waals surface area contributed by atoms with E-state index < -0.39 is 46.6 Å². The SMILES string of the molecule is CN(C)Cc1c(F)c2c(c(OCc3ccccc3)c1Br)C(O)=C1C(=O)[C@]3(O)C(=O)c4c(OCc5ccccc5)noc4[C@@H](N(C)C)[C@@H]3C[C@@H]1C2. The van der Waals surface area contributed by atoms with Crippen LogP contribution in [0.15, 0.2) is 75.2 Å². The number of fused-ring (bicyclic) bond motifs is 4. The number of rotatable bonds is 9. The number of benzene rings is 3. The lowest BCUT2D eigenvalue weighted by Gasteiger charge is -2.49. The van der Waals surface area contributed by atoms with Crippen LogP contribution in [0.25, 0.3) is 5.76 Å². The molecule has 0 bridgehead atoms. The van der Waals surface area contributed by atoms with Crippen LogP contribution < -0.4 is 9.47 Å². The molecule has 3 aliphatic rings. The smallest absolute Gasteiger partial charge is 0.265 e. The van der Waals surface area contributed by atoms with Crippen LogP contribution in [0, 0.1) is 17.7 Å². The average Bonchev–Trinajstić information content (AvgIpc) is 3.51. The number of ketones is 2. The molecule has 1 aromatic heterocycles. The van der Waals surface area contributed by atoms with Crippen molar-refractivity contribution in [2.75, 3.05) is 28.2 Å². The third-order valence-electron chi connectivity index (χ3n) is 9.92. The number of hydrogen-bond donors (Lipinski definition) is 2. The Balaban J connectivity index is 1.34. The molecule has 4 aromatic rings. The predicted octanol–water partition coefficient (Wildman–Crippen LogP) is 6.06. The van der Waals surface area contributed by atoms with E-state index in [0.717, 1.165) is 11.1 Å². The van der Waals surface area contributed by atoms with Gasteiger partial charge in [-0.25, -0.2) is 4.39 Å². The maximum Gasteiger partial charge on any atom is 0.265 e. The predicted molar refractivity (Wildman–Crippen MR) is 185 cm³/mol. The number of halogens is 2. The monoisotopic (exact) mass is 745 g/mol. The summed E-state index contributed by atoms with van der Waals surface area (Å²) in [5.74, 6) is -4.37. The number of ether oxygens (including phenoxy) is 2. The standard InChI is InChI=1S/C38H37BrFN3O7/c1-42(2)17-24-29(39)33(48-18-20-11-7-5-8-12-20)27-23(30(24)40)15-22-16-25-31(43(3)4)34-28(36(46)38(25,47)35(45)26(22)32(27)44)37(41-50-34)49-19-21-13-9-6-10-14-21/h5-14,22,25,31,44,47H,15-19H2,1-4H3/t22-,25-,31-,38-/m0/s1. The third-order valence-corrected chi connectivity index (χ3v) is 10.8. The number of aromatic nitrogens is 1. The number of aliphatic hydroxyl groups is 2. The summed E-state index contributed by atoms with van der Waals surface area (Å²) in [4.78, 5) is 32.6. The van der Waals surface area contributed by atoms with Gasteiger partial charge in [-0.05, 0) is 79.2 Å². The highest BCUT2D eigenvalue weighted by Gasteiger charge is 2.65. The first kappa shape index (κ1) is 34.1. The molecule has 50 heavy (non-hydrogen) atoms. The second kappa shape index (κ2) is 13.1. The highest BCUT2D eigenvalue weighted by molar-refractivity contribution is 9.10. The average molecular weight is 747 g/mol. The Hall–Kier alpha value is -4.36. The molecule has 7 rings (SSSR count). The lowest BCUT2D eigenvalue weighted by Crippen LogP contribution is -2.63. The lowest BCUT2D eigenvalue weighted by atomic mass is 9.57. The van der Waals surface area contributed by atoms with Crippen LogP contribution in [-0.4, -0.2) is 70.5 Å². The van der Waals surface area contributed by atoms with E-state index >= 15 is 4.39 Å². The molecule has 4 atom stereocenters. The molecule has 2 N–H and O–H groups in total. The fraction of sp³-hybridized carbons (Fsp3) is 0.342. The summed E-state index contributed by atoms with van der Waals surface area (Å²) < 4.78 is 34.8. The molecule has 0 spiro atoms. The van der Waals surface area contributed by atoms with E-state index in [9.17, 15) is 19.8 Å². The molecule has 1 fully saturated rings. The topological polar surface area (TPSA) is 126 Å². The van der Waals surface area contributed by atoms with Crippen LogP contribution in [0.5, 0.6) is 11.6 Å². The number of aliphatic hydroxyl groups excluding tert-OH is 1.